The first-order valence-electron chi connectivity index (χ1n) is 7.37. The zero-order valence-corrected chi connectivity index (χ0v) is 13.5. The molecule has 0 spiro atoms. The fourth-order valence-corrected chi connectivity index (χ4v) is 4.33. The van der Waals surface area contributed by atoms with Crippen LogP contribution in [0.25, 0.3) is 0 Å². The van der Waals surface area contributed by atoms with E-state index >= 15 is 0 Å². The second kappa shape index (κ2) is 5.39. The Labute approximate surface area is 130 Å². The first kappa shape index (κ1) is 15.0. The SMILES string of the molecule is CC1CCN(C(=O)C2=NN(C)c3ccccc3S2(=O)=O)CC1. The Balaban J connectivity index is 1.96. The molecule has 22 heavy (non-hydrogen) atoms. The van der Waals surface area contributed by atoms with E-state index in [2.05, 4.69) is 12.0 Å². The third kappa shape index (κ3) is 2.39. The van der Waals surface area contributed by atoms with E-state index in [1.165, 1.54) is 11.1 Å². The quantitative estimate of drug-likeness (QED) is 0.785. The van der Waals surface area contributed by atoms with Crippen LogP contribution in [0.2, 0.25) is 0 Å². The number of para-hydroxylation sites is 1. The summed E-state index contributed by atoms with van der Waals surface area (Å²) in [6.45, 7) is 3.31. The van der Waals surface area contributed by atoms with Crippen molar-refractivity contribution >= 4 is 26.5 Å². The number of benzene rings is 1. The number of piperidine rings is 1. The summed E-state index contributed by atoms with van der Waals surface area (Å²) in [5.41, 5.74) is 0.492. The largest absolute Gasteiger partial charge is 0.337 e. The van der Waals surface area contributed by atoms with Gasteiger partial charge >= 0.3 is 0 Å². The van der Waals surface area contributed by atoms with Crippen LogP contribution in [0.15, 0.2) is 34.3 Å². The number of likely N-dealkylation sites (tertiary alicyclic amines) is 1. The number of hydrogen-bond donors (Lipinski definition) is 0. The maximum absolute atomic E-state index is 12.7. The maximum atomic E-state index is 12.7. The van der Waals surface area contributed by atoms with Gasteiger partial charge < -0.3 is 4.90 Å². The van der Waals surface area contributed by atoms with Gasteiger partial charge in [-0.25, -0.2) is 8.42 Å². The normalized spacial score (nSPS) is 21.3. The van der Waals surface area contributed by atoms with Crippen LogP contribution in [-0.4, -0.2) is 44.4 Å². The maximum Gasteiger partial charge on any atom is 0.286 e. The summed E-state index contributed by atoms with van der Waals surface area (Å²) in [7, 11) is -2.21. The molecule has 3 rings (SSSR count). The van der Waals surface area contributed by atoms with Crippen LogP contribution in [-0.2, 0) is 14.6 Å². The van der Waals surface area contributed by atoms with E-state index < -0.39 is 15.7 Å². The monoisotopic (exact) mass is 321 g/mol. The van der Waals surface area contributed by atoms with Crippen molar-refractivity contribution < 1.29 is 13.2 Å². The Hall–Kier alpha value is -1.89. The summed E-state index contributed by atoms with van der Waals surface area (Å²) in [6, 6.07) is 6.60. The molecule has 1 aromatic rings. The molecule has 2 aliphatic heterocycles. The number of sulfone groups is 1. The number of hydrazone groups is 1. The lowest BCUT2D eigenvalue weighted by Gasteiger charge is -2.32. The van der Waals surface area contributed by atoms with Crippen LogP contribution in [0.4, 0.5) is 5.69 Å². The van der Waals surface area contributed by atoms with Crippen molar-refractivity contribution in [3.8, 4) is 0 Å². The molecule has 0 atom stereocenters. The number of carbonyl (C=O) groups is 1. The average Bonchev–Trinajstić information content (AvgIpc) is 2.51. The molecule has 1 saturated heterocycles. The van der Waals surface area contributed by atoms with E-state index in [0.29, 0.717) is 24.7 Å². The third-order valence-electron chi connectivity index (χ3n) is 4.25. The van der Waals surface area contributed by atoms with Crippen molar-refractivity contribution in [1.29, 1.82) is 0 Å². The van der Waals surface area contributed by atoms with Gasteiger partial charge in [-0.05, 0) is 30.9 Å². The zero-order valence-electron chi connectivity index (χ0n) is 12.7. The van der Waals surface area contributed by atoms with E-state index in [9.17, 15) is 13.2 Å². The van der Waals surface area contributed by atoms with Crippen molar-refractivity contribution in [1.82, 2.24) is 4.90 Å². The van der Waals surface area contributed by atoms with Gasteiger partial charge in [0.15, 0.2) is 0 Å². The molecule has 0 N–H and O–H groups in total. The van der Waals surface area contributed by atoms with Crippen molar-refractivity contribution in [2.45, 2.75) is 24.7 Å². The van der Waals surface area contributed by atoms with Crippen LogP contribution in [0.1, 0.15) is 19.8 Å². The number of rotatable bonds is 1. The van der Waals surface area contributed by atoms with Gasteiger partial charge in [0, 0.05) is 20.1 Å². The molecule has 6 nitrogen and oxygen atoms in total. The molecular weight excluding hydrogens is 302 g/mol. The lowest BCUT2D eigenvalue weighted by molar-refractivity contribution is -0.125. The summed E-state index contributed by atoms with van der Waals surface area (Å²) in [5.74, 6) is 0.0746. The molecule has 0 unspecified atom stereocenters. The second-order valence-electron chi connectivity index (χ2n) is 5.87. The van der Waals surface area contributed by atoms with Gasteiger partial charge in [-0.15, -0.1) is 0 Å². The van der Waals surface area contributed by atoms with Gasteiger partial charge in [0.2, 0.25) is 14.9 Å². The van der Waals surface area contributed by atoms with Gasteiger partial charge in [0.25, 0.3) is 5.91 Å². The molecule has 0 radical (unpaired) electrons. The highest BCUT2D eigenvalue weighted by Gasteiger charge is 2.38. The fraction of sp³-hybridized carbons (Fsp3) is 0.467. The first-order chi connectivity index (χ1) is 10.4. The molecule has 7 heteroatoms. The summed E-state index contributed by atoms with van der Waals surface area (Å²) in [6.07, 6.45) is 1.79. The number of carbonyl (C=O) groups excluding carboxylic acids is 1. The minimum absolute atomic E-state index is 0.140. The fourth-order valence-electron chi connectivity index (χ4n) is 2.80. The van der Waals surface area contributed by atoms with Crippen LogP contribution in [0.5, 0.6) is 0 Å². The van der Waals surface area contributed by atoms with Gasteiger partial charge in [-0.3, -0.25) is 9.80 Å². The number of fused-ring (bicyclic) bond motifs is 1. The van der Waals surface area contributed by atoms with E-state index in [0.717, 1.165) is 12.8 Å². The Morgan fingerprint density at radius 2 is 1.86 bits per heavy atom. The highest BCUT2D eigenvalue weighted by molar-refractivity contribution is 8.08. The van der Waals surface area contributed by atoms with Crippen molar-refractivity contribution in [2.75, 3.05) is 25.1 Å². The molecule has 1 aromatic carbocycles. The Bertz CT molecular complexity index is 734. The molecule has 0 bridgehead atoms. The molecule has 0 saturated carbocycles. The number of amides is 1. The molecule has 0 aromatic heterocycles. The van der Waals surface area contributed by atoms with Gasteiger partial charge in [0.1, 0.15) is 0 Å². The van der Waals surface area contributed by atoms with Crippen LogP contribution in [0, 0.1) is 5.92 Å². The molecule has 1 amide bonds. The predicted octanol–water partition coefficient (Wildman–Crippen LogP) is 1.48. The first-order valence-corrected chi connectivity index (χ1v) is 8.85. The van der Waals surface area contributed by atoms with E-state index in [4.69, 9.17) is 0 Å². The van der Waals surface area contributed by atoms with Crippen LogP contribution >= 0.6 is 0 Å². The Morgan fingerprint density at radius 1 is 1.23 bits per heavy atom. The number of nitrogens with zero attached hydrogens (tertiary/aromatic N) is 3. The lowest BCUT2D eigenvalue weighted by Crippen LogP contribution is -2.46. The second-order valence-corrected chi connectivity index (χ2v) is 7.71. The third-order valence-corrected chi connectivity index (χ3v) is 5.94. The van der Waals surface area contributed by atoms with E-state index in [-0.39, 0.29) is 9.94 Å². The van der Waals surface area contributed by atoms with Crippen molar-refractivity contribution in [2.24, 2.45) is 11.0 Å². The topological polar surface area (TPSA) is 70.1 Å². The molecule has 2 heterocycles. The Kier molecular flexibility index (Phi) is 3.68. The number of anilines is 1. The minimum atomic E-state index is -3.86. The molecular formula is C15H19N3O3S. The molecule has 0 aliphatic carbocycles. The van der Waals surface area contributed by atoms with Crippen LogP contribution in [0.3, 0.4) is 0 Å². The summed E-state index contributed by atoms with van der Waals surface area (Å²) in [4.78, 5) is 14.4. The van der Waals surface area contributed by atoms with Gasteiger partial charge in [-0.1, -0.05) is 19.1 Å². The van der Waals surface area contributed by atoms with Gasteiger partial charge in [-0.2, -0.15) is 5.10 Å². The van der Waals surface area contributed by atoms with Gasteiger partial charge in [0.05, 0.1) is 10.6 Å². The number of hydrogen-bond acceptors (Lipinski definition) is 5. The minimum Gasteiger partial charge on any atom is -0.337 e. The molecule has 1 fully saturated rings. The highest BCUT2D eigenvalue weighted by atomic mass is 32.2. The Morgan fingerprint density at radius 3 is 2.55 bits per heavy atom. The summed E-state index contributed by atoms with van der Waals surface area (Å²) >= 11 is 0. The average molecular weight is 321 g/mol. The summed E-state index contributed by atoms with van der Waals surface area (Å²) < 4.78 is 25.4. The van der Waals surface area contributed by atoms with Crippen molar-refractivity contribution in [3.63, 3.8) is 0 Å². The van der Waals surface area contributed by atoms with E-state index in [1.807, 2.05) is 0 Å². The standard InChI is InChI=1S/C15H19N3O3S/c1-11-7-9-18(10-8-11)15(19)14-16-17(2)12-5-3-4-6-13(12)22(14,20)21/h3-6,11H,7-10H2,1-2H3. The van der Waals surface area contributed by atoms with Crippen molar-refractivity contribution in [3.05, 3.63) is 24.3 Å². The predicted molar refractivity (Wildman–Crippen MR) is 84.4 cm³/mol. The molecule has 118 valence electrons. The summed E-state index contributed by atoms with van der Waals surface area (Å²) in [5, 5.41) is 5.12. The highest BCUT2D eigenvalue weighted by Crippen LogP contribution is 2.31. The zero-order chi connectivity index (χ0) is 15.9. The van der Waals surface area contributed by atoms with Crippen LogP contribution < -0.4 is 5.01 Å². The lowest BCUT2D eigenvalue weighted by atomic mass is 9.99. The molecule has 2 aliphatic rings. The smallest absolute Gasteiger partial charge is 0.286 e. The van der Waals surface area contributed by atoms with E-state index in [1.54, 1.807) is 30.1 Å².